The predicted octanol–water partition coefficient (Wildman–Crippen LogP) is 5.12. The number of nitrogens with one attached hydrogen (secondary N) is 1. The summed E-state index contributed by atoms with van der Waals surface area (Å²) < 4.78 is 3.05. The standard InChI is InChI=1S/C19H16ClIN4OS/c1-2-11-25-18(13-3-5-14(20)6-4-13)23-24-19(25)27-12-17(26)22-16-9-7-15(21)8-10-16/h2-10H,1,11-12H2,(H,22,26). The SMILES string of the molecule is C=CCn1c(SCC(=O)Nc2ccc(I)cc2)nnc1-c1ccc(Cl)cc1. The van der Waals surface area contributed by atoms with E-state index in [9.17, 15) is 4.79 Å². The summed E-state index contributed by atoms with van der Waals surface area (Å²) in [5, 5.41) is 12.7. The first-order valence-electron chi connectivity index (χ1n) is 8.05. The molecule has 0 unspecified atom stereocenters. The number of halogens is 2. The minimum Gasteiger partial charge on any atom is -0.325 e. The maximum atomic E-state index is 12.2. The van der Waals surface area contributed by atoms with Crippen molar-refractivity contribution in [2.24, 2.45) is 0 Å². The first-order valence-corrected chi connectivity index (χ1v) is 10.5. The molecule has 27 heavy (non-hydrogen) atoms. The summed E-state index contributed by atoms with van der Waals surface area (Å²) in [4.78, 5) is 12.2. The summed E-state index contributed by atoms with van der Waals surface area (Å²) in [6.07, 6.45) is 1.78. The number of carbonyl (C=O) groups excluding carboxylic acids is 1. The summed E-state index contributed by atoms with van der Waals surface area (Å²) in [5.41, 5.74) is 1.68. The van der Waals surface area contributed by atoms with Crippen LogP contribution in [0.15, 0.2) is 66.3 Å². The molecule has 1 heterocycles. The predicted molar refractivity (Wildman–Crippen MR) is 119 cm³/mol. The van der Waals surface area contributed by atoms with Gasteiger partial charge in [0.25, 0.3) is 0 Å². The van der Waals surface area contributed by atoms with Crippen molar-refractivity contribution >= 4 is 57.5 Å². The summed E-state index contributed by atoms with van der Waals surface area (Å²) in [6.45, 7) is 4.34. The number of amides is 1. The maximum absolute atomic E-state index is 12.2. The van der Waals surface area contributed by atoms with Gasteiger partial charge >= 0.3 is 0 Å². The summed E-state index contributed by atoms with van der Waals surface area (Å²) in [7, 11) is 0. The van der Waals surface area contributed by atoms with Crippen LogP contribution in [0.2, 0.25) is 5.02 Å². The van der Waals surface area contributed by atoms with Crippen molar-refractivity contribution in [3.8, 4) is 11.4 Å². The highest BCUT2D eigenvalue weighted by Gasteiger charge is 2.15. The van der Waals surface area contributed by atoms with Gasteiger partial charge in [0.1, 0.15) is 0 Å². The van der Waals surface area contributed by atoms with Gasteiger partial charge in [0.2, 0.25) is 5.91 Å². The number of thioether (sulfide) groups is 1. The maximum Gasteiger partial charge on any atom is 0.234 e. The first-order chi connectivity index (χ1) is 13.1. The fourth-order valence-electron chi connectivity index (χ4n) is 2.36. The number of benzene rings is 2. The van der Waals surface area contributed by atoms with Gasteiger partial charge in [-0.05, 0) is 71.1 Å². The largest absolute Gasteiger partial charge is 0.325 e. The first kappa shape index (κ1) is 19.9. The lowest BCUT2D eigenvalue weighted by atomic mass is 10.2. The Kier molecular flexibility index (Phi) is 6.92. The Morgan fingerprint density at radius 3 is 2.56 bits per heavy atom. The monoisotopic (exact) mass is 510 g/mol. The van der Waals surface area contributed by atoms with E-state index in [1.807, 2.05) is 53.1 Å². The van der Waals surface area contributed by atoms with E-state index in [2.05, 4.69) is 44.7 Å². The molecule has 2 aromatic carbocycles. The fraction of sp³-hybridized carbons (Fsp3) is 0.105. The summed E-state index contributed by atoms with van der Waals surface area (Å²) in [5.74, 6) is 0.858. The van der Waals surface area contributed by atoms with E-state index in [-0.39, 0.29) is 11.7 Å². The highest BCUT2D eigenvalue weighted by atomic mass is 127. The van der Waals surface area contributed by atoms with Gasteiger partial charge in [-0.15, -0.1) is 16.8 Å². The van der Waals surface area contributed by atoms with Crippen LogP contribution in [0, 0.1) is 3.57 Å². The van der Waals surface area contributed by atoms with Crippen LogP contribution < -0.4 is 5.32 Å². The van der Waals surface area contributed by atoms with E-state index >= 15 is 0 Å². The quantitative estimate of drug-likeness (QED) is 0.272. The van der Waals surface area contributed by atoms with Gasteiger partial charge < -0.3 is 5.32 Å². The van der Waals surface area contributed by atoms with E-state index in [4.69, 9.17) is 11.6 Å². The molecular weight excluding hydrogens is 495 g/mol. The molecule has 3 rings (SSSR count). The van der Waals surface area contributed by atoms with Gasteiger partial charge in [-0.3, -0.25) is 9.36 Å². The molecular formula is C19H16ClIN4OS. The molecule has 0 aliphatic rings. The molecule has 8 heteroatoms. The van der Waals surface area contributed by atoms with Crippen molar-refractivity contribution < 1.29 is 4.79 Å². The van der Waals surface area contributed by atoms with Crippen LogP contribution in [0.1, 0.15) is 0 Å². The van der Waals surface area contributed by atoms with E-state index in [1.54, 1.807) is 6.08 Å². The highest BCUT2D eigenvalue weighted by Crippen LogP contribution is 2.25. The third-order valence-corrected chi connectivity index (χ3v) is 5.53. The average molecular weight is 511 g/mol. The number of hydrogen-bond donors (Lipinski definition) is 1. The van der Waals surface area contributed by atoms with Crippen LogP contribution in [0.5, 0.6) is 0 Å². The van der Waals surface area contributed by atoms with Crippen LogP contribution in [-0.2, 0) is 11.3 Å². The molecule has 3 aromatic rings. The van der Waals surface area contributed by atoms with E-state index in [1.165, 1.54) is 11.8 Å². The zero-order valence-corrected chi connectivity index (χ0v) is 18.0. The highest BCUT2D eigenvalue weighted by molar-refractivity contribution is 14.1. The lowest BCUT2D eigenvalue weighted by Crippen LogP contribution is -2.14. The minimum atomic E-state index is -0.0950. The second-order valence-corrected chi connectivity index (χ2v) is 8.18. The average Bonchev–Trinajstić information content (AvgIpc) is 3.06. The van der Waals surface area contributed by atoms with Crippen molar-refractivity contribution in [1.82, 2.24) is 14.8 Å². The minimum absolute atomic E-state index is 0.0950. The smallest absolute Gasteiger partial charge is 0.234 e. The summed E-state index contributed by atoms with van der Waals surface area (Å²) in [6, 6.07) is 15.1. The lowest BCUT2D eigenvalue weighted by Gasteiger charge is -2.08. The van der Waals surface area contributed by atoms with Gasteiger partial charge in [-0.1, -0.05) is 29.4 Å². The molecule has 0 aliphatic heterocycles. The second-order valence-electron chi connectivity index (χ2n) is 5.56. The van der Waals surface area contributed by atoms with Gasteiger partial charge in [0.15, 0.2) is 11.0 Å². The molecule has 138 valence electrons. The number of carbonyl (C=O) groups is 1. The Morgan fingerprint density at radius 1 is 1.19 bits per heavy atom. The Balaban J connectivity index is 1.70. The molecule has 5 nitrogen and oxygen atoms in total. The molecule has 0 fully saturated rings. The van der Waals surface area contributed by atoms with Crippen molar-refractivity contribution in [1.29, 1.82) is 0 Å². The van der Waals surface area contributed by atoms with Crippen molar-refractivity contribution in [2.45, 2.75) is 11.7 Å². The van der Waals surface area contributed by atoms with E-state index in [0.717, 1.165) is 14.8 Å². The van der Waals surface area contributed by atoms with E-state index in [0.29, 0.717) is 22.5 Å². The second kappa shape index (κ2) is 9.38. The molecule has 0 aliphatic carbocycles. The zero-order valence-electron chi connectivity index (χ0n) is 14.2. The third kappa shape index (κ3) is 5.33. The molecule has 0 atom stereocenters. The molecule has 0 saturated heterocycles. The summed E-state index contributed by atoms with van der Waals surface area (Å²) >= 11 is 9.52. The van der Waals surface area contributed by atoms with Crippen LogP contribution in [0.25, 0.3) is 11.4 Å². The normalized spacial score (nSPS) is 10.6. The number of aromatic nitrogens is 3. The van der Waals surface area contributed by atoms with Crippen molar-refractivity contribution in [3.05, 3.63) is 69.8 Å². The molecule has 1 amide bonds. The topological polar surface area (TPSA) is 59.8 Å². The van der Waals surface area contributed by atoms with Crippen LogP contribution in [-0.4, -0.2) is 26.4 Å². The fourth-order valence-corrected chi connectivity index (χ4v) is 3.60. The molecule has 0 bridgehead atoms. The Bertz CT molecular complexity index is 941. The van der Waals surface area contributed by atoms with Gasteiger partial charge in [0.05, 0.1) is 5.75 Å². The van der Waals surface area contributed by atoms with Gasteiger partial charge in [-0.25, -0.2) is 0 Å². The molecule has 1 aromatic heterocycles. The van der Waals surface area contributed by atoms with E-state index < -0.39 is 0 Å². The molecule has 0 spiro atoms. The molecule has 0 saturated carbocycles. The van der Waals surface area contributed by atoms with Gasteiger partial charge in [-0.2, -0.15) is 0 Å². The molecule has 0 radical (unpaired) electrons. The Morgan fingerprint density at radius 2 is 1.89 bits per heavy atom. The lowest BCUT2D eigenvalue weighted by molar-refractivity contribution is -0.113. The van der Waals surface area contributed by atoms with Crippen LogP contribution in [0.3, 0.4) is 0 Å². The van der Waals surface area contributed by atoms with Crippen LogP contribution >= 0.6 is 46.0 Å². The number of hydrogen-bond acceptors (Lipinski definition) is 4. The molecule has 1 N–H and O–H groups in total. The van der Waals surface area contributed by atoms with Crippen molar-refractivity contribution in [3.63, 3.8) is 0 Å². The Labute approximate surface area is 180 Å². The number of allylic oxidation sites excluding steroid dienone is 1. The third-order valence-electron chi connectivity index (χ3n) is 3.59. The van der Waals surface area contributed by atoms with Crippen LogP contribution in [0.4, 0.5) is 5.69 Å². The van der Waals surface area contributed by atoms with Gasteiger partial charge in [0, 0.05) is 26.4 Å². The number of nitrogens with zero attached hydrogens (tertiary/aromatic N) is 3. The number of anilines is 1. The number of rotatable bonds is 7. The van der Waals surface area contributed by atoms with Crippen molar-refractivity contribution in [2.75, 3.05) is 11.1 Å². The Hall–Kier alpha value is -1.84. The zero-order chi connectivity index (χ0) is 19.2.